The number of likely N-dealkylation sites (N-methyl/N-ethyl adjacent to an activating group) is 1. The third-order valence-corrected chi connectivity index (χ3v) is 6.37. The van der Waals surface area contributed by atoms with E-state index in [2.05, 4.69) is 34.6 Å². The van der Waals surface area contributed by atoms with Crippen LogP contribution in [-0.2, 0) is 16.0 Å². The molecule has 1 heterocycles. The van der Waals surface area contributed by atoms with Crippen molar-refractivity contribution in [2.75, 3.05) is 20.6 Å². The number of para-hydroxylation sites is 1. The van der Waals surface area contributed by atoms with Crippen LogP contribution in [0.25, 0.3) is 10.9 Å². The maximum atomic E-state index is 13.1. The van der Waals surface area contributed by atoms with Crippen molar-refractivity contribution in [3.63, 3.8) is 0 Å². The van der Waals surface area contributed by atoms with Crippen molar-refractivity contribution in [2.45, 2.75) is 63.5 Å². The summed E-state index contributed by atoms with van der Waals surface area (Å²) in [5.41, 5.74) is 2.06. The number of amides is 2. The molecule has 0 bridgehead atoms. The summed E-state index contributed by atoms with van der Waals surface area (Å²) in [6.45, 7) is 2.07. The topological polar surface area (TPSA) is 77.2 Å². The van der Waals surface area contributed by atoms with E-state index in [4.69, 9.17) is 0 Å². The highest BCUT2D eigenvalue weighted by molar-refractivity contribution is 5.89. The van der Waals surface area contributed by atoms with Crippen LogP contribution in [0.2, 0.25) is 0 Å². The highest BCUT2D eigenvalue weighted by Gasteiger charge is 2.34. The van der Waals surface area contributed by atoms with Gasteiger partial charge in [0.25, 0.3) is 0 Å². The van der Waals surface area contributed by atoms with Gasteiger partial charge in [0.05, 0.1) is 0 Å². The number of rotatable bonds is 7. The number of nitrogens with one attached hydrogen (secondary N) is 3. The second-order valence-electron chi connectivity index (χ2n) is 8.57. The molecule has 0 saturated heterocycles. The van der Waals surface area contributed by atoms with Gasteiger partial charge in [0.15, 0.2) is 0 Å². The van der Waals surface area contributed by atoms with E-state index in [0.29, 0.717) is 13.0 Å². The number of nitrogens with zero attached hydrogens (tertiary/aromatic N) is 1. The SMILES string of the molecule is CC(=O)NC(Cc1c[nH]c2ccccc12)C(=O)NCC1(N(C)C)CCCCCC1. The third-order valence-electron chi connectivity index (χ3n) is 6.37. The van der Waals surface area contributed by atoms with Crippen molar-refractivity contribution in [3.05, 3.63) is 36.0 Å². The number of benzene rings is 1. The fourth-order valence-corrected chi connectivity index (χ4v) is 4.52. The van der Waals surface area contributed by atoms with Crippen molar-refractivity contribution in [2.24, 2.45) is 0 Å². The van der Waals surface area contributed by atoms with E-state index in [1.807, 2.05) is 30.5 Å². The average Bonchev–Trinajstić information content (AvgIpc) is 2.93. The van der Waals surface area contributed by atoms with Crippen LogP contribution in [0.15, 0.2) is 30.5 Å². The maximum absolute atomic E-state index is 13.1. The predicted octanol–water partition coefficient (Wildman–Crippen LogP) is 2.99. The van der Waals surface area contributed by atoms with Crippen molar-refractivity contribution < 1.29 is 9.59 Å². The Morgan fingerprint density at radius 2 is 1.83 bits per heavy atom. The van der Waals surface area contributed by atoms with Gasteiger partial charge in [-0.2, -0.15) is 0 Å². The van der Waals surface area contributed by atoms with Gasteiger partial charge in [-0.3, -0.25) is 9.59 Å². The van der Waals surface area contributed by atoms with Gasteiger partial charge in [-0.25, -0.2) is 0 Å². The summed E-state index contributed by atoms with van der Waals surface area (Å²) in [7, 11) is 4.21. The average molecular weight is 399 g/mol. The monoisotopic (exact) mass is 398 g/mol. The summed E-state index contributed by atoms with van der Waals surface area (Å²) in [5, 5.41) is 7.10. The Morgan fingerprint density at radius 3 is 2.48 bits per heavy atom. The number of hydrogen-bond donors (Lipinski definition) is 3. The molecular weight excluding hydrogens is 364 g/mol. The summed E-state index contributed by atoms with van der Waals surface area (Å²) in [5.74, 6) is -0.308. The number of fused-ring (bicyclic) bond motifs is 1. The molecule has 1 aromatic carbocycles. The first kappa shape index (κ1) is 21.4. The van der Waals surface area contributed by atoms with Crippen LogP contribution in [0.3, 0.4) is 0 Å². The van der Waals surface area contributed by atoms with E-state index in [9.17, 15) is 9.59 Å². The van der Waals surface area contributed by atoms with Crippen LogP contribution in [-0.4, -0.2) is 53.9 Å². The number of aromatic nitrogens is 1. The second-order valence-corrected chi connectivity index (χ2v) is 8.57. The second kappa shape index (κ2) is 9.44. The molecule has 0 spiro atoms. The Labute approximate surface area is 173 Å². The zero-order valence-corrected chi connectivity index (χ0v) is 17.9. The Kier molecular flexibility index (Phi) is 6.96. The van der Waals surface area contributed by atoms with E-state index in [-0.39, 0.29) is 17.4 Å². The van der Waals surface area contributed by atoms with Crippen molar-refractivity contribution in [1.82, 2.24) is 20.5 Å². The molecule has 3 rings (SSSR count). The van der Waals surface area contributed by atoms with Crippen LogP contribution in [0.4, 0.5) is 0 Å². The molecule has 2 amide bonds. The lowest BCUT2D eigenvalue weighted by atomic mass is 9.88. The highest BCUT2D eigenvalue weighted by Crippen LogP contribution is 2.30. The van der Waals surface area contributed by atoms with Gasteiger partial charge >= 0.3 is 0 Å². The minimum absolute atomic E-state index is 0.00623. The largest absolute Gasteiger partial charge is 0.361 e. The number of H-pyrrole nitrogens is 1. The molecule has 6 nitrogen and oxygen atoms in total. The lowest BCUT2D eigenvalue weighted by Crippen LogP contribution is -2.56. The van der Waals surface area contributed by atoms with Crippen LogP contribution >= 0.6 is 0 Å². The van der Waals surface area contributed by atoms with E-state index in [0.717, 1.165) is 29.3 Å². The fraction of sp³-hybridized carbons (Fsp3) is 0.565. The lowest BCUT2D eigenvalue weighted by molar-refractivity contribution is -0.128. The summed E-state index contributed by atoms with van der Waals surface area (Å²) >= 11 is 0. The zero-order valence-electron chi connectivity index (χ0n) is 17.9. The van der Waals surface area contributed by atoms with Gasteiger partial charge in [-0.15, -0.1) is 0 Å². The van der Waals surface area contributed by atoms with Gasteiger partial charge in [0, 0.05) is 42.5 Å². The number of hydrogen-bond acceptors (Lipinski definition) is 3. The van der Waals surface area contributed by atoms with E-state index in [1.54, 1.807) is 0 Å². The Morgan fingerprint density at radius 1 is 1.14 bits per heavy atom. The van der Waals surface area contributed by atoms with Crippen LogP contribution in [0, 0.1) is 0 Å². The minimum Gasteiger partial charge on any atom is -0.361 e. The number of aromatic amines is 1. The first-order valence-electron chi connectivity index (χ1n) is 10.7. The van der Waals surface area contributed by atoms with E-state index < -0.39 is 6.04 Å². The molecule has 0 aliphatic heterocycles. The molecule has 158 valence electrons. The molecule has 1 aromatic heterocycles. The number of carbonyl (C=O) groups excluding carboxylic acids is 2. The van der Waals surface area contributed by atoms with Gasteiger partial charge in [0.2, 0.25) is 11.8 Å². The standard InChI is InChI=1S/C23H34N4O2/c1-17(28)26-21(14-18-15-24-20-11-7-6-10-19(18)20)22(29)25-16-23(27(2)3)12-8-4-5-9-13-23/h6-7,10-11,15,21,24H,4-5,8-9,12-14,16H2,1-3H3,(H,25,29)(H,26,28). The van der Waals surface area contributed by atoms with Crippen LogP contribution in [0.5, 0.6) is 0 Å². The molecule has 2 aromatic rings. The Balaban J connectivity index is 1.72. The Bertz CT molecular complexity index is 834. The van der Waals surface area contributed by atoms with Gasteiger partial charge < -0.3 is 20.5 Å². The predicted molar refractivity (Wildman–Crippen MR) is 117 cm³/mol. The van der Waals surface area contributed by atoms with Gasteiger partial charge in [-0.1, -0.05) is 43.9 Å². The summed E-state index contributed by atoms with van der Waals surface area (Å²) in [6.07, 6.45) is 9.49. The molecule has 29 heavy (non-hydrogen) atoms. The first-order valence-corrected chi connectivity index (χ1v) is 10.7. The zero-order chi connectivity index (χ0) is 20.9. The molecule has 1 unspecified atom stereocenters. The fourth-order valence-electron chi connectivity index (χ4n) is 4.52. The smallest absolute Gasteiger partial charge is 0.242 e. The first-order chi connectivity index (χ1) is 13.9. The van der Waals surface area contributed by atoms with E-state index in [1.165, 1.54) is 32.6 Å². The molecule has 6 heteroatoms. The maximum Gasteiger partial charge on any atom is 0.242 e. The van der Waals surface area contributed by atoms with E-state index >= 15 is 0 Å². The normalized spacial score (nSPS) is 17.7. The molecule has 1 aliphatic carbocycles. The Hall–Kier alpha value is -2.34. The third kappa shape index (κ3) is 5.18. The van der Waals surface area contributed by atoms with Crippen molar-refractivity contribution in [1.29, 1.82) is 0 Å². The molecular formula is C23H34N4O2. The number of carbonyl (C=O) groups is 2. The molecule has 1 aliphatic rings. The highest BCUT2D eigenvalue weighted by atomic mass is 16.2. The minimum atomic E-state index is -0.586. The molecule has 3 N–H and O–H groups in total. The molecule has 1 atom stereocenters. The van der Waals surface area contributed by atoms with Gasteiger partial charge in [-0.05, 0) is 38.6 Å². The van der Waals surface area contributed by atoms with Crippen molar-refractivity contribution in [3.8, 4) is 0 Å². The van der Waals surface area contributed by atoms with Gasteiger partial charge in [0.1, 0.15) is 6.04 Å². The molecule has 0 radical (unpaired) electrons. The summed E-state index contributed by atoms with van der Waals surface area (Å²) in [4.78, 5) is 30.4. The van der Waals surface area contributed by atoms with Crippen molar-refractivity contribution >= 4 is 22.7 Å². The molecule has 1 saturated carbocycles. The molecule has 1 fully saturated rings. The van der Waals surface area contributed by atoms with Crippen LogP contribution < -0.4 is 10.6 Å². The van der Waals surface area contributed by atoms with Crippen LogP contribution in [0.1, 0.15) is 51.0 Å². The quantitative estimate of drug-likeness (QED) is 0.628. The summed E-state index contributed by atoms with van der Waals surface area (Å²) in [6, 6.07) is 7.43. The lowest BCUT2D eigenvalue weighted by Gasteiger charge is -2.40. The summed E-state index contributed by atoms with van der Waals surface area (Å²) < 4.78 is 0.